The molecule has 0 amide bonds. The first-order valence-corrected chi connectivity index (χ1v) is 3.05. The maximum atomic E-state index is 12.2. The zero-order valence-electron chi connectivity index (χ0n) is 5.70. The number of benzene rings is 1. The third-order valence-electron chi connectivity index (χ3n) is 1.26. The molecule has 0 aliphatic rings. The molecule has 0 unspecified atom stereocenters. The predicted octanol–water partition coefficient (Wildman–Crippen LogP) is 2.02. The normalized spacial score (nSPS) is 11.8. The summed E-state index contributed by atoms with van der Waals surface area (Å²) in [5, 5.41) is 0. The molecule has 1 aromatic carbocycles. The Labute approximate surface area is 65.1 Å². The van der Waals surface area contributed by atoms with E-state index in [-0.39, 0.29) is 12.1 Å². The molecule has 0 aliphatic carbocycles. The van der Waals surface area contributed by atoms with Crippen LogP contribution in [0.25, 0.3) is 0 Å². The quantitative estimate of drug-likeness (QED) is 0.459. The van der Waals surface area contributed by atoms with Crippen molar-refractivity contribution in [2.24, 2.45) is 0 Å². The van der Waals surface area contributed by atoms with E-state index in [1.165, 1.54) is 0 Å². The van der Waals surface area contributed by atoms with E-state index in [4.69, 9.17) is 0 Å². The Morgan fingerprint density at radius 2 is 1.25 bits per heavy atom. The van der Waals surface area contributed by atoms with Crippen molar-refractivity contribution in [2.75, 3.05) is 0 Å². The van der Waals surface area contributed by atoms with Crippen LogP contribution >= 0.6 is 0 Å². The van der Waals surface area contributed by atoms with E-state index in [1.54, 1.807) is 0 Å². The molecule has 1 rings (SSSR count). The summed E-state index contributed by atoms with van der Waals surface area (Å²) in [4.78, 5) is 0. The Kier molecular flexibility index (Phi) is 2.08. The topological polar surface area (TPSA) is 0 Å². The summed E-state index contributed by atoms with van der Waals surface area (Å²) in [6.07, 6.45) is 0. The van der Waals surface area contributed by atoms with Crippen LogP contribution in [0.1, 0.15) is 0 Å². The highest BCUT2D eigenvalue weighted by atomic mass is 19.4. The van der Waals surface area contributed by atoms with Gasteiger partial charge in [-0.1, -0.05) is 12.1 Å². The molecule has 0 radical (unpaired) electrons. The summed E-state index contributed by atoms with van der Waals surface area (Å²) in [5.74, 6) is -2.44. The fraction of sp³-hybridized carbons (Fsp3) is 0. The molecule has 0 saturated carbocycles. The van der Waals surface area contributed by atoms with Crippen LogP contribution in [0.3, 0.4) is 0 Å². The van der Waals surface area contributed by atoms with Crippen LogP contribution in [0, 0.1) is 11.6 Å². The first-order chi connectivity index (χ1) is 5.39. The smallest absolute Gasteiger partial charge is 0.445 e. The molecule has 0 aromatic heterocycles. The van der Waals surface area contributed by atoms with Gasteiger partial charge in [0.2, 0.25) is 0 Å². The number of hydrogen-bond acceptors (Lipinski definition) is 0. The minimum absolute atomic E-state index is 0.267. The molecule has 12 heavy (non-hydrogen) atoms. The zero-order chi connectivity index (χ0) is 9.35. The fourth-order valence-corrected chi connectivity index (χ4v) is 0.764. The number of halogens is 5. The monoisotopic (exact) mass is 181 g/mol. The Bertz CT molecular complexity index is 272. The molecule has 0 saturated heterocycles. The van der Waals surface area contributed by atoms with Gasteiger partial charge < -0.3 is 12.9 Å². The highest BCUT2D eigenvalue weighted by molar-refractivity contribution is 6.73. The van der Waals surface area contributed by atoms with Gasteiger partial charge in [-0.2, -0.15) is 0 Å². The van der Waals surface area contributed by atoms with E-state index in [0.717, 1.165) is 0 Å². The summed E-state index contributed by atoms with van der Waals surface area (Å²) < 4.78 is 60.1. The van der Waals surface area contributed by atoms with Crippen LogP contribution in [0.2, 0.25) is 0 Å². The molecule has 0 spiro atoms. The first kappa shape index (κ1) is 9.03. The lowest BCUT2D eigenvalue weighted by atomic mass is 9.80. The average Bonchev–Trinajstić information content (AvgIpc) is 1.82. The fourth-order valence-electron chi connectivity index (χ4n) is 0.764. The van der Waals surface area contributed by atoms with E-state index < -0.39 is 24.1 Å². The molecule has 0 bridgehead atoms. The van der Waals surface area contributed by atoms with Crippen molar-refractivity contribution in [3.05, 3.63) is 29.8 Å². The minimum Gasteiger partial charge on any atom is -0.445 e. The van der Waals surface area contributed by atoms with Gasteiger partial charge in [-0.05, 0) is 0 Å². The van der Waals surface area contributed by atoms with Crippen LogP contribution in [-0.2, 0) is 0 Å². The van der Waals surface area contributed by atoms with Crippen molar-refractivity contribution in [3.8, 4) is 0 Å². The highest BCUT2D eigenvalue weighted by Crippen LogP contribution is 2.10. The van der Waals surface area contributed by atoms with Crippen molar-refractivity contribution >= 4 is 12.4 Å². The van der Waals surface area contributed by atoms with Crippen LogP contribution in [-0.4, -0.2) is 6.98 Å². The van der Waals surface area contributed by atoms with E-state index >= 15 is 0 Å². The minimum atomic E-state index is -5.32. The van der Waals surface area contributed by atoms with Crippen molar-refractivity contribution < 1.29 is 21.7 Å². The standard InChI is InChI=1S/C6H3BF5/c8-5-1-4(7(10,11)12)2-6(9)3-5/h1-3H/q-1. The average molecular weight is 181 g/mol. The van der Waals surface area contributed by atoms with E-state index in [2.05, 4.69) is 0 Å². The molecule has 0 fully saturated rings. The molecule has 0 heterocycles. The highest BCUT2D eigenvalue weighted by Gasteiger charge is 2.26. The molecule has 0 nitrogen and oxygen atoms in total. The van der Waals surface area contributed by atoms with Crippen LogP contribution in [0.15, 0.2) is 18.2 Å². The Hall–Kier alpha value is -1.07. The molecule has 0 atom stereocenters. The van der Waals surface area contributed by atoms with Crippen molar-refractivity contribution in [2.45, 2.75) is 0 Å². The summed E-state index contributed by atoms with van der Waals surface area (Å²) >= 11 is 0. The van der Waals surface area contributed by atoms with Gasteiger partial charge >= 0.3 is 6.98 Å². The third-order valence-corrected chi connectivity index (χ3v) is 1.26. The summed E-state index contributed by atoms with van der Waals surface area (Å²) in [6.45, 7) is -5.32. The zero-order valence-corrected chi connectivity index (χ0v) is 5.70. The molecule has 1 aromatic rings. The Morgan fingerprint density at radius 1 is 0.833 bits per heavy atom. The molecule has 0 aliphatic heterocycles. The van der Waals surface area contributed by atoms with Crippen molar-refractivity contribution in [1.29, 1.82) is 0 Å². The number of hydrogen-bond donors (Lipinski definition) is 0. The van der Waals surface area contributed by atoms with Gasteiger partial charge in [0.1, 0.15) is 11.6 Å². The molecule has 6 heteroatoms. The Morgan fingerprint density at radius 3 is 1.58 bits per heavy atom. The largest absolute Gasteiger partial charge is 0.509 e. The van der Waals surface area contributed by atoms with Gasteiger partial charge in [0, 0.05) is 6.07 Å². The molecular formula is C6H3BF5-. The third kappa shape index (κ3) is 1.96. The second-order valence-electron chi connectivity index (χ2n) is 2.28. The van der Waals surface area contributed by atoms with E-state index in [1.807, 2.05) is 0 Å². The van der Waals surface area contributed by atoms with E-state index in [9.17, 15) is 21.7 Å². The Balaban J connectivity index is 3.18. The second-order valence-corrected chi connectivity index (χ2v) is 2.28. The SMILES string of the molecule is Fc1cc(F)cc([B-](F)(F)F)c1. The maximum absolute atomic E-state index is 12.2. The van der Waals surface area contributed by atoms with Crippen LogP contribution in [0.5, 0.6) is 0 Å². The van der Waals surface area contributed by atoms with Gasteiger partial charge in [0.25, 0.3) is 0 Å². The molecule has 0 N–H and O–H groups in total. The van der Waals surface area contributed by atoms with Gasteiger partial charge in [0.05, 0.1) is 0 Å². The van der Waals surface area contributed by atoms with Gasteiger partial charge in [-0.25, -0.2) is 8.78 Å². The molecule has 66 valence electrons. The second kappa shape index (κ2) is 2.77. The lowest BCUT2D eigenvalue weighted by Gasteiger charge is -2.14. The van der Waals surface area contributed by atoms with Crippen molar-refractivity contribution in [1.82, 2.24) is 0 Å². The van der Waals surface area contributed by atoms with Gasteiger partial charge in [-0.3, -0.25) is 0 Å². The first-order valence-electron chi connectivity index (χ1n) is 3.05. The van der Waals surface area contributed by atoms with E-state index in [0.29, 0.717) is 6.07 Å². The summed E-state index contributed by atoms with van der Waals surface area (Å²) in [5.41, 5.74) is -1.26. The lowest BCUT2D eigenvalue weighted by molar-refractivity contribution is 0.498. The van der Waals surface area contributed by atoms with Gasteiger partial charge in [0.15, 0.2) is 0 Å². The van der Waals surface area contributed by atoms with Gasteiger partial charge in [-0.15, -0.1) is 5.46 Å². The summed E-state index contributed by atoms with van der Waals surface area (Å²) in [6, 6.07) is 0.928. The number of rotatable bonds is 1. The van der Waals surface area contributed by atoms with Crippen LogP contribution < -0.4 is 5.46 Å². The summed E-state index contributed by atoms with van der Waals surface area (Å²) in [7, 11) is 0. The van der Waals surface area contributed by atoms with Crippen molar-refractivity contribution in [3.63, 3.8) is 0 Å². The predicted molar refractivity (Wildman–Crippen MR) is 35.1 cm³/mol. The van der Waals surface area contributed by atoms with Crippen LogP contribution in [0.4, 0.5) is 21.7 Å². The maximum Gasteiger partial charge on any atom is 0.509 e. The molecular weight excluding hydrogens is 178 g/mol. The lowest BCUT2D eigenvalue weighted by Crippen LogP contribution is -2.34.